The van der Waals surface area contributed by atoms with Gasteiger partial charge in [0.05, 0.1) is 0 Å². The van der Waals surface area contributed by atoms with E-state index in [-0.39, 0.29) is 6.04 Å². The summed E-state index contributed by atoms with van der Waals surface area (Å²) in [7, 11) is -1.56. The first-order valence-electron chi connectivity index (χ1n) is 6.90. The van der Waals surface area contributed by atoms with Gasteiger partial charge in [0.15, 0.2) is 0 Å². The Morgan fingerprint density at radius 2 is 1.95 bits per heavy atom. The molecule has 0 aliphatic rings. The molecule has 20 heavy (non-hydrogen) atoms. The summed E-state index contributed by atoms with van der Waals surface area (Å²) in [5.41, 5.74) is 0. The zero-order valence-corrected chi connectivity index (χ0v) is 14.3. The van der Waals surface area contributed by atoms with Gasteiger partial charge < -0.3 is 10.2 Å². The van der Waals surface area contributed by atoms with Crippen LogP contribution in [-0.4, -0.2) is 46.0 Å². The standard InChI is InChI=1S/C13H25N3O2S2/c1-5-16(6-2)10-11(3)15-20(17,18)13-8-7-12(19-13)9-14-4/h7-8,11,14-15H,5-6,9-10H2,1-4H3. The van der Waals surface area contributed by atoms with Gasteiger partial charge >= 0.3 is 0 Å². The second kappa shape index (κ2) is 8.09. The van der Waals surface area contributed by atoms with Gasteiger partial charge in [-0.15, -0.1) is 11.3 Å². The number of hydrogen-bond donors (Lipinski definition) is 2. The molecule has 0 saturated carbocycles. The van der Waals surface area contributed by atoms with Crippen LogP contribution in [0.3, 0.4) is 0 Å². The molecule has 1 aromatic rings. The SMILES string of the molecule is CCN(CC)CC(C)NS(=O)(=O)c1ccc(CNC)s1. The molecule has 0 fully saturated rings. The van der Waals surface area contributed by atoms with Crippen molar-refractivity contribution in [2.24, 2.45) is 0 Å². The van der Waals surface area contributed by atoms with Crippen molar-refractivity contribution in [3.05, 3.63) is 17.0 Å². The maximum Gasteiger partial charge on any atom is 0.250 e. The van der Waals surface area contributed by atoms with E-state index in [1.54, 1.807) is 6.07 Å². The summed E-state index contributed by atoms with van der Waals surface area (Å²) in [6.45, 7) is 9.32. The number of rotatable bonds is 9. The fourth-order valence-electron chi connectivity index (χ4n) is 2.00. The van der Waals surface area contributed by atoms with Crippen LogP contribution in [0.2, 0.25) is 0 Å². The molecule has 1 unspecified atom stereocenters. The molecular weight excluding hydrogens is 294 g/mol. The van der Waals surface area contributed by atoms with Gasteiger partial charge in [0.1, 0.15) is 4.21 Å². The van der Waals surface area contributed by atoms with Crippen LogP contribution >= 0.6 is 11.3 Å². The summed E-state index contributed by atoms with van der Waals surface area (Å²) in [6, 6.07) is 3.42. The predicted molar refractivity (Wildman–Crippen MR) is 84.7 cm³/mol. The summed E-state index contributed by atoms with van der Waals surface area (Å²) in [5, 5.41) is 3.02. The Morgan fingerprint density at radius 3 is 2.50 bits per heavy atom. The largest absolute Gasteiger partial charge is 0.315 e. The van der Waals surface area contributed by atoms with Crippen molar-refractivity contribution in [1.82, 2.24) is 14.9 Å². The lowest BCUT2D eigenvalue weighted by atomic mass is 10.3. The highest BCUT2D eigenvalue weighted by atomic mass is 32.2. The van der Waals surface area contributed by atoms with Crippen LogP contribution in [-0.2, 0) is 16.6 Å². The van der Waals surface area contributed by atoms with Crippen molar-refractivity contribution in [2.45, 2.75) is 37.6 Å². The van der Waals surface area contributed by atoms with Crippen LogP contribution in [0.1, 0.15) is 25.6 Å². The minimum Gasteiger partial charge on any atom is -0.315 e. The van der Waals surface area contributed by atoms with Gasteiger partial charge in [-0.2, -0.15) is 0 Å². The number of hydrogen-bond acceptors (Lipinski definition) is 5. The van der Waals surface area contributed by atoms with Crippen LogP contribution in [0, 0.1) is 0 Å². The van der Waals surface area contributed by atoms with E-state index in [2.05, 4.69) is 28.8 Å². The average molecular weight is 319 g/mol. The first-order valence-corrected chi connectivity index (χ1v) is 9.20. The summed E-state index contributed by atoms with van der Waals surface area (Å²) in [5.74, 6) is 0. The van der Waals surface area contributed by atoms with Crippen LogP contribution in [0.15, 0.2) is 16.3 Å². The van der Waals surface area contributed by atoms with E-state index < -0.39 is 10.0 Å². The second-order valence-corrected chi connectivity index (χ2v) is 7.87. The van der Waals surface area contributed by atoms with Crippen LogP contribution < -0.4 is 10.0 Å². The fraction of sp³-hybridized carbons (Fsp3) is 0.692. The third kappa shape index (κ3) is 5.14. The lowest BCUT2D eigenvalue weighted by Gasteiger charge is -2.23. The molecule has 0 aromatic carbocycles. The van der Waals surface area contributed by atoms with E-state index in [4.69, 9.17) is 0 Å². The molecule has 2 N–H and O–H groups in total. The lowest BCUT2D eigenvalue weighted by molar-refractivity contribution is 0.282. The van der Waals surface area contributed by atoms with Crippen molar-refractivity contribution < 1.29 is 8.42 Å². The van der Waals surface area contributed by atoms with E-state index >= 15 is 0 Å². The first-order chi connectivity index (χ1) is 9.42. The summed E-state index contributed by atoms with van der Waals surface area (Å²) in [4.78, 5) is 3.22. The molecule has 7 heteroatoms. The minimum atomic E-state index is -3.40. The number of likely N-dealkylation sites (N-methyl/N-ethyl adjacent to an activating group) is 1. The van der Waals surface area contributed by atoms with E-state index in [1.807, 2.05) is 20.0 Å². The molecular formula is C13H25N3O2S2. The van der Waals surface area contributed by atoms with Crippen LogP contribution in [0.5, 0.6) is 0 Å². The first kappa shape index (κ1) is 17.6. The van der Waals surface area contributed by atoms with Gasteiger partial charge in [0.2, 0.25) is 10.0 Å². The molecule has 1 rings (SSSR count). The Balaban J connectivity index is 2.68. The van der Waals surface area contributed by atoms with E-state index in [9.17, 15) is 8.42 Å². The Kier molecular flexibility index (Phi) is 7.11. The highest BCUT2D eigenvalue weighted by molar-refractivity contribution is 7.91. The summed E-state index contributed by atoms with van der Waals surface area (Å²) < 4.78 is 27.7. The van der Waals surface area contributed by atoms with Crippen LogP contribution in [0.25, 0.3) is 0 Å². The van der Waals surface area contributed by atoms with Crippen molar-refractivity contribution in [2.75, 3.05) is 26.7 Å². The van der Waals surface area contributed by atoms with E-state index in [0.29, 0.717) is 10.8 Å². The molecule has 0 spiro atoms. The van der Waals surface area contributed by atoms with Gasteiger partial charge in [-0.1, -0.05) is 13.8 Å². The van der Waals surface area contributed by atoms with Gasteiger partial charge in [-0.05, 0) is 39.2 Å². The highest BCUT2D eigenvalue weighted by Crippen LogP contribution is 2.21. The molecule has 116 valence electrons. The topological polar surface area (TPSA) is 61.4 Å². The minimum absolute atomic E-state index is 0.102. The molecule has 0 aliphatic carbocycles. The van der Waals surface area contributed by atoms with E-state index in [0.717, 1.165) is 24.5 Å². The van der Waals surface area contributed by atoms with Gasteiger partial charge in [0.25, 0.3) is 0 Å². The Morgan fingerprint density at radius 1 is 1.30 bits per heavy atom. The third-order valence-corrected chi connectivity index (χ3v) is 6.20. The highest BCUT2D eigenvalue weighted by Gasteiger charge is 2.20. The fourth-order valence-corrected chi connectivity index (χ4v) is 4.62. The monoisotopic (exact) mass is 319 g/mol. The third-order valence-electron chi connectivity index (χ3n) is 3.04. The maximum absolute atomic E-state index is 12.3. The van der Waals surface area contributed by atoms with Crippen molar-refractivity contribution >= 4 is 21.4 Å². The number of thiophene rings is 1. The lowest BCUT2D eigenvalue weighted by Crippen LogP contribution is -2.41. The van der Waals surface area contributed by atoms with Gasteiger partial charge in [-0.3, -0.25) is 0 Å². The number of nitrogens with one attached hydrogen (secondary N) is 2. The molecule has 0 bridgehead atoms. The predicted octanol–water partition coefficient (Wildman–Crippen LogP) is 1.48. The zero-order chi connectivity index (χ0) is 15.2. The van der Waals surface area contributed by atoms with Gasteiger partial charge in [0, 0.05) is 24.0 Å². The number of sulfonamides is 1. The molecule has 1 aromatic heterocycles. The molecule has 1 atom stereocenters. The Labute approximate surface area is 126 Å². The molecule has 5 nitrogen and oxygen atoms in total. The van der Waals surface area contributed by atoms with Crippen molar-refractivity contribution in [3.63, 3.8) is 0 Å². The molecule has 0 amide bonds. The molecule has 1 heterocycles. The number of nitrogens with zero attached hydrogens (tertiary/aromatic N) is 1. The molecule has 0 saturated heterocycles. The van der Waals surface area contributed by atoms with Gasteiger partial charge in [-0.25, -0.2) is 13.1 Å². The molecule has 0 aliphatic heterocycles. The van der Waals surface area contributed by atoms with Crippen LogP contribution in [0.4, 0.5) is 0 Å². The summed E-state index contributed by atoms with van der Waals surface area (Å²) in [6.07, 6.45) is 0. The average Bonchev–Trinajstić information content (AvgIpc) is 2.85. The maximum atomic E-state index is 12.3. The van der Waals surface area contributed by atoms with Crippen molar-refractivity contribution in [3.8, 4) is 0 Å². The zero-order valence-electron chi connectivity index (χ0n) is 12.6. The molecule has 0 radical (unpaired) electrons. The Hall–Kier alpha value is -0.470. The normalized spacial score (nSPS) is 13.8. The van der Waals surface area contributed by atoms with Crippen molar-refractivity contribution in [1.29, 1.82) is 0 Å². The smallest absolute Gasteiger partial charge is 0.250 e. The summed E-state index contributed by atoms with van der Waals surface area (Å²) >= 11 is 1.31. The van der Waals surface area contributed by atoms with E-state index in [1.165, 1.54) is 11.3 Å². The second-order valence-electron chi connectivity index (χ2n) is 4.76. The Bertz CT molecular complexity index is 495. The quantitative estimate of drug-likeness (QED) is 0.724.